The second kappa shape index (κ2) is 6.80. The summed E-state index contributed by atoms with van der Waals surface area (Å²) in [7, 11) is 0. The van der Waals surface area contributed by atoms with Gasteiger partial charge in [0.1, 0.15) is 0 Å². The topological polar surface area (TPSA) is 89.3 Å². The first kappa shape index (κ1) is 17.4. The summed E-state index contributed by atoms with van der Waals surface area (Å²) in [6.45, 7) is 5.80. The van der Waals surface area contributed by atoms with Crippen molar-refractivity contribution >= 4 is 17.7 Å². The van der Waals surface area contributed by atoms with Gasteiger partial charge in [-0.25, -0.2) is 0 Å². The molecule has 0 aromatic rings. The van der Waals surface area contributed by atoms with Crippen LogP contribution >= 0.6 is 0 Å². The molecule has 3 fully saturated rings. The van der Waals surface area contributed by atoms with E-state index in [1.165, 1.54) is 16.2 Å². The van der Waals surface area contributed by atoms with Gasteiger partial charge in [0.25, 0.3) is 11.8 Å². The third kappa shape index (κ3) is 2.84. The third-order valence-corrected chi connectivity index (χ3v) is 6.40. The third-order valence-electron chi connectivity index (χ3n) is 6.40. The highest BCUT2D eigenvalue weighted by Gasteiger charge is 2.53. The molecule has 3 aliphatic rings. The van der Waals surface area contributed by atoms with Gasteiger partial charge in [0.15, 0.2) is 11.6 Å². The van der Waals surface area contributed by atoms with Crippen LogP contribution in [0.5, 0.6) is 0 Å². The quantitative estimate of drug-likeness (QED) is 0.481. The molecule has 0 saturated carbocycles. The highest BCUT2D eigenvalue weighted by Crippen LogP contribution is 2.17. The minimum Gasteiger partial charge on any atom is -0.364 e. The van der Waals surface area contributed by atoms with Crippen LogP contribution in [0.3, 0.4) is 0 Å². The number of hydrogen-bond acceptors (Lipinski definition) is 3. The van der Waals surface area contributed by atoms with Crippen LogP contribution in [0.25, 0.3) is 0 Å². The molecule has 0 spiro atoms. The van der Waals surface area contributed by atoms with Crippen LogP contribution < -0.4 is 15.5 Å². The lowest BCUT2D eigenvalue weighted by atomic mass is 9.83. The number of carbonyl (C=O) groups is 3. The number of nitrogens with zero attached hydrogens (tertiary/aromatic N) is 1. The maximum atomic E-state index is 12.4. The number of likely N-dealkylation sites (N-methyl/N-ethyl adjacent to an activating group) is 1. The molecule has 0 bridgehead atoms. The zero-order chi connectivity index (χ0) is 17.3. The highest BCUT2D eigenvalue weighted by atomic mass is 16.2. The van der Waals surface area contributed by atoms with E-state index in [9.17, 15) is 14.4 Å². The molecule has 0 unspecified atom stereocenters. The number of imide groups is 1. The van der Waals surface area contributed by atoms with E-state index in [0.29, 0.717) is 13.0 Å². The zero-order valence-electron chi connectivity index (χ0n) is 14.6. The molecule has 3 heterocycles. The fraction of sp³-hybridized carbons (Fsp3) is 0.824. The minimum atomic E-state index is -0.472. The number of hydrogen-bond donors (Lipinski definition) is 3. The van der Waals surface area contributed by atoms with E-state index >= 15 is 0 Å². The molecule has 3 aliphatic heterocycles. The van der Waals surface area contributed by atoms with Crippen LogP contribution in [-0.4, -0.2) is 66.9 Å². The number of nitrogens with one attached hydrogen (secondary N) is 2. The Morgan fingerprint density at radius 1 is 1.17 bits per heavy atom. The second-order valence-electron chi connectivity index (χ2n) is 7.50. The van der Waals surface area contributed by atoms with Crippen LogP contribution in [0.15, 0.2) is 0 Å². The van der Waals surface area contributed by atoms with Crippen LogP contribution in [0.2, 0.25) is 0 Å². The summed E-state index contributed by atoms with van der Waals surface area (Å²) < 4.78 is 0. The van der Waals surface area contributed by atoms with Crippen LogP contribution in [0.1, 0.15) is 45.4 Å². The predicted molar refractivity (Wildman–Crippen MR) is 87.2 cm³/mol. The van der Waals surface area contributed by atoms with Gasteiger partial charge in [-0.1, -0.05) is 0 Å². The first-order valence-electron chi connectivity index (χ1n) is 9.33. The number of quaternary nitrogens is 2. The van der Waals surface area contributed by atoms with Gasteiger partial charge in [0, 0.05) is 6.54 Å². The molecule has 24 heavy (non-hydrogen) atoms. The Bertz CT molecular complexity index is 522. The number of nitrogens with two attached hydrogens (primary N) is 1. The van der Waals surface area contributed by atoms with Crippen molar-refractivity contribution < 1.29 is 24.2 Å². The van der Waals surface area contributed by atoms with Gasteiger partial charge in [-0.2, -0.15) is 0 Å². The maximum absolute atomic E-state index is 12.4. The molecule has 1 atom stereocenters. The molecule has 134 valence electrons. The zero-order valence-corrected chi connectivity index (χ0v) is 14.6. The van der Waals surface area contributed by atoms with Crippen molar-refractivity contribution in [2.75, 3.05) is 32.7 Å². The van der Waals surface area contributed by atoms with E-state index in [2.05, 4.69) is 0 Å². The number of amides is 3. The minimum absolute atomic E-state index is 0.0469. The summed E-state index contributed by atoms with van der Waals surface area (Å²) in [6.07, 6.45) is 5.29. The molecule has 7 nitrogen and oxygen atoms in total. The summed E-state index contributed by atoms with van der Waals surface area (Å²) in [4.78, 5) is 40.5. The van der Waals surface area contributed by atoms with Gasteiger partial charge in [-0.05, 0) is 26.2 Å². The van der Waals surface area contributed by atoms with E-state index in [1.807, 2.05) is 6.92 Å². The van der Waals surface area contributed by atoms with E-state index < -0.39 is 5.54 Å². The Balaban J connectivity index is 1.68. The smallest absolute Gasteiger partial charge is 0.287 e. The average molecular weight is 338 g/mol. The van der Waals surface area contributed by atoms with Crippen LogP contribution in [0.4, 0.5) is 0 Å². The molecular formula is C17H30N4O3+2. The Morgan fingerprint density at radius 3 is 2.29 bits per heavy atom. The summed E-state index contributed by atoms with van der Waals surface area (Å²) in [5, 5.41) is 0. The number of primary amides is 1. The molecule has 3 saturated heterocycles. The number of likely N-dealkylation sites (tertiary alicyclic amines) is 3. The van der Waals surface area contributed by atoms with E-state index in [-0.39, 0.29) is 23.8 Å². The number of carbonyl (C=O) groups excluding carboxylic acids is 3. The first-order chi connectivity index (χ1) is 11.5. The van der Waals surface area contributed by atoms with Crippen molar-refractivity contribution in [1.29, 1.82) is 0 Å². The largest absolute Gasteiger partial charge is 0.364 e. The molecule has 0 aromatic heterocycles. The van der Waals surface area contributed by atoms with E-state index in [0.717, 1.165) is 56.8 Å². The molecule has 7 heteroatoms. The monoisotopic (exact) mass is 338 g/mol. The molecular weight excluding hydrogens is 308 g/mol. The molecule has 3 rings (SSSR count). The lowest BCUT2D eigenvalue weighted by Gasteiger charge is -2.44. The van der Waals surface area contributed by atoms with Gasteiger partial charge < -0.3 is 15.5 Å². The van der Waals surface area contributed by atoms with Crippen molar-refractivity contribution in [1.82, 2.24) is 4.90 Å². The summed E-state index contributed by atoms with van der Waals surface area (Å²) in [5.74, 6) is -0.301. The fourth-order valence-corrected chi connectivity index (χ4v) is 4.91. The number of rotatable bonds is 4. The second-order valence-corrected chi connectivity index (χ2v) is 7.50. The summed E-state index contributed by atoms with van der Waals surface area (Å²) >= 11 is 0. The van der Waals surface area contributed by atoms with E-state index in [4.69, 9.17) is 5.73 Å². The highest BCUT2D eigenvalue weighted by molar-refractivity contribution is 6.04. The number of piperidine rings is 2. The maximum Gasteiger partial charge on any atom is 0.287 e. The van der Waals surface area contributed by atoms with Crippen molar-refractivity contribution in [2.24, 2.45) is 5.73 Å². The Kier molecular flexibility index (Phi) is 4.92. The van der Waals surface area contributed by atoms with Crippen molar-refractivity contribution in [2.45, 2.75) is 57.0 Å². The lowest BCUT2D eigenvalue weighted by Crippen LogP contribution is -3.27. The van der Waals surface area contributed by atoms with Crippen molar-refractivity contribution in [3.8, 4) is 0 Å². The van der Waals surface area contributed by atoms with Crippen LogP contribution in [0, 0.1) is 0 Å². The van der Waals surface area contributed by atoms with Gasteiger partial charge in [0.2, 0.25) is 5.91 Å². The SMILES string of the molecule is CCN1C(=O)C[C@@H]([NH+]2CCC(C(N)=O)([NH+]3CCCCC3)CC2)C1=O. The molecule has 0 aliphatic carbocycles. The Hall–Kier alpha value is -1.47. The van der Waals surface area contributed by atoms with Crippen molar-refractivity contribution in [3.63, 3.8) is 0 Å². The fourth-order valence-electron chi connectivity index (χ4n) is 4.91. The molecule has 0 aromatic carbocycles. The van der Waals surface area contributed by atoms with E-state index in [1.54, 1.807) is 0 Å². The Morgan fingerprint density at radius 2 is 1.79 bits per heavy atom. The van der Waals surface area contributed by atoms with Crippen molar-refractivity contribution in [3.05, 3.63) is 0 Å². The van der Waals surface area contributed by atoms with Gasteiger partial charge in [-0.3, -0.25) is 19.3 Å². The predicted octanol–water partition coefficient (Wildman–Crippen LogP) is -2.89. The molecule has 3 amide bonds. The van der Waals surface area contributed by atoms with Gasteiger partial charge in [0.05, 0.1) is 45.4 Å². The Labute approximate surface area is 143 Å². The normalized spacial score (nSPS) is 35.5. The average Bonchev–Trinajstić information content (AvgIpc) is 2.89. The molecule has 4 N–H and O–H groups in total. The first-order valence-corrected chi connectivity index (χ1v) is 9.33. The summed E-state index contributed by atoms with van der Waals surface area (Å²) in [6, 6.07) is -0.264. The van der Waals surface area contributed by atoms with Gasteiger partial charge >= 0.3 is 0 Å². The van der Waals surface area contributed by atoms with Gasteiger partial charge in [-0.15, -0.1) is 0 Å². The summed E-state index contributed by atoms with van der Waals surface area (Å²) in [5.41, 5.74) is 5.35. The standard InChI is InChI=1S/C17H28N4O3/c1-2-21-14(22)12-13(15(21)23)19-10-6-17(7-11-19,16(18)24)20-8-4-3-5-9-20/h13H,2-12H2,1H3,(H2,18,24)/p+2/t13-/m1/s1. The van der Waals surface area contributed by atoms with Crippen LogP contribution in [-0.2, 0) is 14.4 Å². The lowest BCUT2D eigenvalue weighted by molar-refractivity contribution is -0.978. The molecule has 0 radical (unpaired) electrons.